The molecule has 1 fully saturated rings. The summed E-state index contributed by atoms with van der Waals surface area (Å²) in [6.45, 7) is 4.23. The van der Waals surface area contributed by atoms with Crippen LogP contribution in [0.25, 0.3) is 0 Å². The van der Waals surface area contributed by atoms with Crippen molar-refractivity contribution in [2.45, 2.75) is 38.3 Å². The van der Waals surface area contributed by atoms with Gasteiger partial charge in [0.05, 0.1) is 6.04 Å². The Bertz CT molecular complexity index is 409. The first-order valence-electron chi connectivity index (χ1n) is 6.58. The van der Waals surface area contributed by atoms with Crippen LogP contribution in [0.15, 0.2) is 22.7 Å². The molecule has 4 heteroatoms. The van der Waals surface area contributed by atoms with Gasteiger partial charge in [-0.15, -0.1) is 0 Å². The van der Waals surface area contributed by atoms with Gasteiger partial charge in [0.2, 0.25) is 0 Å². The Balaban J connectivity index is 2.33. The van der Waals surface area contributed by atoms with E-state index in [9.17, 15) is 4.39 Å². The zero-order valence-corrected chi connectivity index (χ0v) is 12.3. The number of nitrogens with zero attached hydrogens (tertiary/aromatic N) is 1. The fraction of sp³-hybridized carbons (Fsp3) is 0.571. The molecule has 100 valence electrons. The monoisotopic (exact) mass is 314 g/mol. The maximum absolute atomic E-state index is 13.5. The zero-order valence-electron chi connectivity index (χ0n) is 10.7. The third-order valence-electron chi connectivity index (χ3n) is 3.57. The Morgan fingerprint density at radius 1 is 1.50 bits per heavy atom. The molecule has 1 aromatic carbocycles. The van der Waals surface area contributed by atoms with Gasteiger partial charge in [-0.2, -0.15) is 0 Å². The quantitative estimate of drug-likeness (QED) is 0.925. The van der Waals surface area contributed by atoms with E-state index in [1.165, 1.54) is 6.07 Å². The van der Waals surface area contributed by atoms with Gasteiger partial charge >= 0.3 is 0 Å². The number of nitrogens with two attached hydrogens (primary N) is 1. The number of benzene rings is 1. The summed E-state index contributed by atoms with van der Waals surface area (Å²) < 4.78 is 14.4. The van der Waals surface area contributed by atoms with Gasteiger partial charge < -0.3 is 5.73 Å². The highest BCUT2D eigenvalue weighted by Crippen LogP contribution is 2.34. The summed E-state index contributed by atoms with van der Waals surface area (Å²) in [6, 6.07) is 5.08. The van der Waals surface area contributed by atoms with Crippen LogP contribution in [0.5, 0.6) is 0 Å². The first-order valence-corrected chi connectivity index (χ1v) is 7.37. The molecule has 2 N–H and O–H groups in total. The molecule has 0 saturated carbocycles. The average Bonchev–Trinajstić information content (AvgIpc) is 2.34. The minimum Gasteiger partial charge on any atom is -0.326 e. The van der Waals surface area contributed by atoms with Gasteiger partial charge in [0.1, 0.15) is 5.82 Å². The van der Waals surface area contributed by atoms with Crippen molar-refractivity contribution < 1.29 is 4.39 Å². The third kappa shape index (κ3) is 2.92. The van der Waals surface area contributed by atoms with Crippen molar-refractivity contribution in [1.29, 1.82) is 0 Å². The fourth-order valence-corrected chi connectivity index (χ4v) is 3.29. The summed E-state index contributed by atoms with van der Waals surface area (Å²) in [5.41, 5.74) is 7.25. The second-order valence-electron chi connectivity index (χ2n) is 4.95. The SMILES string of the molecule is CCCN1CCCC(N)C1c1cc(F)ccc1Br. The molecule has 0 spiro atoms. The van der Waals surface area contributed by atoms with E-state index >= 15 is 0 Å². The highest BCUT2D eigenvalue weighted by molar-refractivity contribution is 9.10. The summed E-state index contributed by atoms with van der Waals surface area (Å²) in [4.78, 5) is 2.38. The van der Waals surface area contributed by atoms with Crippen LogP contribution in [-0.4, -0.2) is 24.0 Å². The van der Waals surface area contributed by atoms with Gasteiger partial charge in [0.25, 0.3) is 0 Å². The van der Waals surface area contributed by atoms with Gasteiger partial charge in [-0.05, 0) is 56.1 Å². The summed E-state index contributed by atoms with van der Waals surface area (Å²) in [5, 5.41) is 0. The molecule has 1 aliphatic rings. The summed E-state index contributed by atoms with van der Waals surface area (Å²) >= 11 is 3.52. The van der Waals surface area contributed by atoms with Crippen LogP contribution >= 0.6 is 15.9 Å². The maximum atomic E-state index is 13.5. The minimum absolute atomic E-state index is 0.0865. The smallest absolute Gasteiger partial charge is 0.123 e. The van der Waals surface area contributed by atoms with Crippen LogP contribution in [0.4, 0.5) is 4.39 Å². The van der Waals surface area contributed by atoms with Crippen LogP contribution in [0.2, 0.25) is 0 Å². The van der Waals surface area contributed by atoms with Crippen LogP contribution in [0, 0.1) is 5.82 Å². The molecule has 2 nitrogen and oxygen atoms in total. The molecule has 0 aromatic heterocycles. The molecule has 1 aliphatic heterocycles. The lowest BCUT2D eigenvalue weighted by atomic mass is 9.91. The van der Waals surface area contributed by atoms with Crippen LogP contribution in [0.1, 0.15) is 37.8 Å². The third-order valence-corrected chi connectivity index (χ3v) is 4.29. The Morgan fingerprint density at radius 3 is 3.00 bits per heavy atom. The second-order valence-corrected chi connectivity index (χ2v) is 5.81. The Kier molecular flexibility index (Phi) is 4.76. The van der Waals surface area contributed by atoms with Crippen molar-refractivity contribution in [3.8, 4) is 0 Å². The largest absolute Gasteiger partial charge is 0.326 e. The molecule has 2 unspecified atom stereocenters. The van der Waals surface area contributed by atoms with E-state index in [0.29, 0.717) is 0 Å². The summed E-state index contributed by atoms with van der Waals surface area (Å²) in [6.07, 6.45) is 3.23. The van der Waals surface area contributed by atoms with E-state index in [-0.39, 0.29) is 17.9 Å². The van der Waals surface area contributed by atoms with Gasteiger partial charge in [0.15, 0.2) is 0 Å². The fourth-order valence-electron chi connectivity index (χ4n) is 2.80. The molecule has 0 amide bonds. The van der Waals surface area contributed by atoms with Crippen molar-refractivity contribution in [2.24, 2.45) is 5.73 Å². The number of piperidine rings is 1. The van der Waals surface area contributed by atoms with E-state index in [0.717, 1.165) is 42.4 Å². The highest BCUT2D eigenvalue weighted by Gasteiger charge is 2.31. The molecule has 0 radical (unpaired) electrons. The molecule has 2 rings (SSSR count). The molecular formula is C14H20BrFN2. The topological polar surface area (TPSA) is 29.3 Å². The lowest BCUT2D eigenvalue weighted by Gasteiger charge is -2.40. The molecule has 1 saturated heterocycles. The predicted octanol–water partition coefficient (Wildman–Crippen LogP) is 3.46. The van der Waals surface area contributed by atoms with Gasteiger partial charge in [-0.25, -0.2) is 4.39 Å². The van der Waals surface area contributed by atoms with Crippen molar-refractivity contribution in [3.63, 3.8) is 0 Å². The van der Waals surface area contributed by atoms with Crippen LogP contribution in [0.3, 0.4) is 0 Å². The molecule has 0 aliphatic carbocycles. The van der Waals surface area contributed by atoms with Crippen molar-refractivity contribution in [3.05, 3.63) is 34.1 Å². The van der Waals surface area contributed by atoms with Crippen LogP contribution < -0.4 is 5.73 Å². The first-order chi connectivity index (χ1) is 8.63. The average molecular weight is 315 g/mol. The standard InChI is InChI=1S/C14H20BrFN2/c1-2-7-18-8-3-4-13(17)14(18)11-9-10(16)5-6-12(11)15/h5-6,9,13-14H,2-4,7-8,17H2,1H3. The van der Waals surface area contributed by atoms with Crippen molar-refractivity contribution in [2.75, 3.05) is 13.1 Å². The van der Waals surface area contributed by atoms with Crippen LogP contribution in [-0.2, 0) is 0 Å². The van der Waals surface area contributed by atoms with E-state index in [1.54, 1.807) is 12.1 Å². The Labute approximate surface area is 116 Å². The normalized spacial score (nSPS) is 25.3. The minimum atomic E-state index is -0.192. The number of halogens is 2. The Morgan fingerprint density at radius 2 is 2.28 bits per heavy atom. The molecular weight excluding hydrogens is 295 g/mol. The van der Waals surface area contributed by atoms with E-state index < -0.39 is 0 Å². The molecule has 2 atom stereocenters. The number of hydrogen-bond donors (Lipinski definition) is 1. The number of likely N-dealkylation sites (tertiary alicyclic amines) is 1. The van der Waals surface area contributed by atoms with Gasteiger partial charge in [-0.3, -0.25) is 4.90 Å². The molecule has 18 heavy (non-hydrogen) atoms. The summed E-state index contributed by atoms with van der Waals surface area (Å²) in [5.74, 6) is -0.192. The van der Waals surface area contributed by atoms with E-state index in [1.807, 2.05) is 0 Å². The first kappa shape index (κ1) is 14.0. The van der Waals surface area contributed by atoms with E-state index in [2.05, 4.69) is 27.8 Å². The highest BCUT2D eigenvalue weighted by atomic mass is 79.9. The lowest BCUT2D eigenvalue weighted by molar-refractivity contribution is 0.128. The van der Waals surface area contributed by atoms with Crippen molar-refractivity contribution in [1.82, 2.24) is 4.90 Å². The summed E-state index contributed by atoms with van der Waals surface area (Å²) in [7, 11) is 0. The van der Waals surface area contributed by atoms with Crippen molar-refractivity contribution >= 4 is 15.9 Å². The predicted molar refractivity (Wildman–Crippen MR) is 75.9 cm³/mol. The van der Waals surface area contributed by atoms with E-state index in [4.69, 9.17) is 5.73 Å². The number of rotatable bonds is 3. The zero-order chi connectivity index (χ0) is 13.1. The van der Waals surface area contributed by atoms with Gasteiger partial charge in [0, 0.05) is 10.5 Å². The maximum Gasteiger partial charge on any atom is 0.123 e. The van der Waals surface area contributed by atoms with Gasteiger partial charge in [-0.1, -0.05) is 22.9 Å². The Hall–Kier alpha value is -0.450. The molecule has 1 aromatic rings. The number of hydrogen-bond acceptors (Lipinski definition) is 2. The molecule has 0 bridgehead atoms. The molecule has 1 heterocycles. The second kappa shape index (κ2) is 6.13. The lowest BCUT2D eigenvalue weighted by Crippen LogP contribution is -2.46.